The fraction of sp³-hybridized carbons (Fsp3) is 0.444. The van der Waals surface area contributed by atoms with Crippen molar-refractivity contribution < 1.29 is 24.1 Å². The average molecular weight is 530 g/mol. The van der Waals surface area contributed by atoms with E-state index in [-0.39, 0.29) is 5.76 Å². The Kier molecular flexibility index (Phi) is 8.64. The topological polar surface area (TPSA) is 68.2 Å². The van der Waals surface area contributed by atoms with Crippen molar-refractivity contribution in [1.29, 1.82) is 0 Å². The number of benzene rings is 2. The van der Waals surface area contributed by atoms with Crippen LogP contribution >= 0.6 is 15.9 Å². The van der Waals surface area contributed by atoms with Crippen LogP contribution in [0.2, 0.25) is 0 Å². The smallest absolute Gasteiger partial charge is 0.142 e. The number of aldehydes is 1. The molecule has 0 aromatic heterocycles. The number of halogens is 1. The molecule has 34 heavy (non-hydrogen) atoms. The Morgan fingerprint density at radius 1 is 1.15 bits per heavy atom. The predicted octanol–water partition coefficient (Wildman–Crippen LogP) is 5.05. The van der Waals surface area contributed by atoms with E-state index in [4.69, 9.17) is 14.2 Å². The SMILES string of the molecule is COCCOc1cc(CC2CCN(CCc3ccc4c(c3)C(C=O)C(O)=CO4)CC2)ccc1Br. The quantitative estimate of drug-likeness (QED) is 0.343. The minimum Gasteiger partial charge on any atom is -0.508 e. The Bertz CT molecular complexity index is 1020. The zero-order valence-electron chi connectivity index (χ0n) is 19.5. The van der Waals surface area contributed by atoms with Gasteiger partial charge in [0.1, 0.15) is 42.3 Å². The minimum absolute atomic E-state index is 0.0406. The summed E-state index contributed by atoms with van der Waals surface area (Å²) >= 11 is 3.57. The van der Waals surface area contributed by atoms with Gasteiger partial charge in [-0.15, -0.1) is 0 Å². The van der Waals surface area contributed by atoms with E-state index in [2.05, 4.69) is 39.0 Å². The third-order valence-corrected chi connectivity index (χ3v) is 7.31. The first-order chi connectivity index (χ1) is 16.6. The van der Waals surface area contributed by atoms with Gasteiger partial charge in [-0.05, 0) is 89.9 Å². The van der Waals surface area contributed by atoms with Crippen molar-refractivity contribution >= 4 is 22.2 Å². The van der Waals surface area contributed by atoms with Gasteiger partial charge in [0.05, 0.1) is 11.1 Å². The van der Waals surface area contributed by atoms with Crippen LogP contribution < -0.4 is 9.47 Å². The maximum atomic E-state index is 11.4. The van der Waals surface area contributed by atoms with E-state index < -0.39 is 5.92 Å². The second kappa shape index (κ2) is 11.9. The molecule has 0 amide bonds. The summed E-state index contributed by atoms with van der Waals surface area (Å²) in [5, 5.41) is 9.93. The van der Waals surface area contributed by atoms with Crippen LogP contribution in [0, 0.1) is 5.92 Å². The van der Waals surface area contributed by atoms with Gasteiger partial charge >= 0.3 is 0 Å². The number of hydrogen-bond donors (Lipinski definition) is 1. The highest BCUT2D eigenvalue weighted by atomic mass is 79.9. The molecule has 7 heteroatoms. The van der Waals surface area contributed by atoms with Gasteiger partial charge in [0.25, 0.3) is 0 Å². The van der Waals surface area contributed by atoms with Crippen molar-refractivity contribution in [1.82, 2.24) is 4.90 Å². The van der Waals surface area contributed by atoms with Gasteiger partial charge < -0.3 is 29.0 Å². The molecule has 0 bridgehead atoms. The Balaban J connectivity index is 1.26. The van der Waals surface area contributed by atoms with Gasteiger partial charge in [0, 0.05) is 19.2 Å². The largest absolute Gasteiger partial charge is 0.508 e. The van der Waals surface area contributed by atoms with Gasteiger partial charge in [-0.3, -0.25) is 0 Å². The number of ether oxygens (including phenoxy) is 3. The highest BCUT2D eigenvalue weighted by Gasteiger charge is 2.25. The molecule has 2 heterocycles. The molecule has 1 atom stereocenters. The molecule has 2 aliphatic rings. The zero-order valence-corrected chi connectivity index (χ0v) is 21.1. The summed E-state index contributed by atoms with van der Waals surface area (Å²) < 4.78 is 17.3. The number of rotatable bonds is 10. The molecule has 0 aliphatic carbocycles. The van der Waals surface area contributed by atoms with Crippen molar-refractivity contribution in [3.63, 3.8) is 0 Å². The molecular formula is C27H32BrNO5. The molecule has 6 nitrogen and oxygen atoms in total. The summed E-state index contributed by atoms with van der Waals surface area (Å²) in [6.45, 7) is 4.28. The number of carbonyl (C=O) groups is 1. The molecule has 0 radical (unpaired) electrons. The van der Waals surface area contributed by atoms with Crippen LogP contribution in [0.15, 0.2) is 52.9 Å². The molecule has 2 aromatic rings. The Morgan fingerprint density at radius 2 is 1.94 bits per heavy atom. The van der Waals surface area contributed by atoms with Gasteiger partial charge in [-0.2, -0.15) is 0 Å². The monoisotopic (exact) mass is 529 g/mol. The highest BCUT2D eigenvalue weighted by Crippen LogP contribution is 2.35. The zero-order chi connectivity index (χ0) is 23.9. The van der Waals surface area contributed by atoms with Crippen LogP contribution in [0.3, 0.4) is 0 Å². The molecule has 0 saturated carbocycles. The fourth-order valence-electron chi connectivity index (χ4n) is 4.66. The van der Waals surface area contributed by atoms with E-state index in [1.807, 2.05) is 18.2 Å². The standard InChI is InChI=1S/C27H32BrNO5/c1-32-12-13-33-27-16-21(2-4-24(27)28)14-20-7-10-29(11-8-20)9-6-19-3-5-26-22(15-19)23(17-30)25(31)18-34-26/h2-5,15-18,20,23,31H,6-14H2,1H3. The molecule has 2 aromatic carbocycles. The molecule has 1 unspecified atom stereocenters. The van der Waals surface area contributed by atoms with Crippen LogP contribution in [0.1, 0.15) is 35.4 Å². The summed E-state index contributed by atoms with van der Waals surface area (Å²) in [7, 11) is 1.68. The summed E-state index contributed by atoms with van der Waals surface area (Å²) in [4.78, 5) is 13.9. The summed E-state index contributed by atoms with van der Waals surface area (Å²) in [5.41, 5.74) is 3.21. The second-order valence-corrected chi connectivity index (χ2v) is 9.85. The van der Waals surface area contributed by atoms with E-state index in [1.165, 1.54) is 24.7 Å². The molecule has 0 spiro atoms. The van der Waals surface area contributed by atoms with Gasteiger partial charge in [-0.25, -0.2) is 0 Å². The van der Waals surface area contributed by atoms with E-state index >= 15 is 0 Å². The number of aliphatic hydroxyl groups is 1. The predicted molar refractivity (Wildman–Crippen MR) is 135 cm³/mol. The Hall–Kier alpha value is -2.35. The maximum absolute atomic E-state index is 11.4. The van der Waals surface area contributed by atoms with Crippen molar-refractivity contribution in [3.05, 3.63) is 69.6 Å². The fourth-order valence-corrected chi connectivity index (χ4v) is 5.02. The van der Waals surface area contributed by atoms with E-state index in [0.717, 1.165) is 60.1 Å². The highest BCUT2D eigenvalue weighted by molar-refractivity contribution is 9.10. The van der Waals surface area contributed by atoms with Crippen LogP contribution in [0.4, 0.5) is 0 Å². The van der Waals surface area contributed by atoms with Crippen LogP contribution in [-0.2, 0) is 22.4 Å². The van der Waals surface area contributed by atoms with Crippen LogP contribution in [-0.4, -0.2) is 56.3 Å². The Morgan fingerprint density at radius 3 is 2.71 bits per heavy atom. The molecule has 1 N–H and O–H groups in total. The average Bonchev–Trinajstić information content (AvgIpc) is 2.85. The van der Waals surface area contributed by atoms with Gasteiger partial charge in [0.15, 0.2) is 0 Å². The summed E-state index contributed by atoms with van der Waals surface area (Å²) in [5.74, 6) is 1.51. The van der Waals surface area contributed by atoms with E-state index in [1.54, 1.807) is 7.11 Å². The lowest BCUT2D eigenvalue weighted by Crippen LogP contribution is -2.35. The Labute approximate surface area is 209 Å². The molecule has 4 rings (SSSR count). The molecule has 182 valence electrons. The minimum atomic E-state index is -0.635. The van der Waals surface area contributed by atoms with Gasteiger partial charge in [-0.1, -0.05) is 18.2 Å². The maximum Gasteiger partial charge on any atom is 0.142 e. The third-order valence-electron chi connectivity index (χ3n) is 6.66. The first-order valence-electron chi connectivity index (χ1n) is 11.8. The molecule has 1 fully saturated rings. The van der Waals surface area contributed by atoms with Crippen molar-refractivity contribution in [2.75, 3.05) is 40.0 Å². The summed E-state index contributed by atoms with van der Waals surface area (Å²) in [6.07, 6.45) is 6.34. The van der Waals surface area contributed by atoms with Crippen LogP contribution in [0.25, 0.3) is 0 Å². The summed E-state index contributed by atoms with van der Waals surface area (Å²) in [6, 6.07) is 12.3. The van der Waals surface area contributed by atoms with Crippen LogP contribution in [0.5, 0.6) is 11.5 Å². The molecule has 1 saturated heterocycles. The third kappa shape index (κ3) is 6.20. The lowest BCUT2D eigenvalue weighted by molar-refractivity contribution is -0.109. The second-order valence-electron chi connectivity index (χ2n) is 8.99. The number of hydrogen-bond acceptors (Lipinski definition) is 6. The first kappa shape index (κ1) is 24.8. The number of piperidine rings is 1. The number of carbonyl (C=O) groups excluding carboxylic acids is 1. The van der Waals surface area contributed by atoms with Gasteiger partial charge in [0.2, 0.25) is 0 Å². The number of aliphatic hydroxyl groups excluding tert-OH is 1. The number of allylic oxidation sites excluding steroid dienone is 1. The first-order valence-corrected chi connectivity index (χ1v) is 12.6. The number of methoxy groups -OCH3 is 1. The van der Waals surface area contributed by atoms with Crippen molar-refractivity contribution in [3.8, 4) is 11.5 Å². The van der Waals surface area contributed by atoms with Crippen molar-refractivity contribution in [2.24, 2.45) is 5.92 Å². The van der Waals surface area contributed by atoms with E-state index in [0.29, 0.717) is 24.9 Å². The number of likely N-dealkylation sites (tertiary alicyclic amines) is 1. The number of fused-ring (bicyclic) bond motifs is 1. The lowest BCUT2D eigenvalue weighted by atomic mass is 9.90. The van der Waals surface area contributed by atoms with E-state index in [9.17, 15) is 9.90 Å². The van der Waals surface area contributed by atoms with Crippen molar-refractivity contribution in [2.45, 2.75) is 31.6 Å². The molecule has 2 aliphatic heterocycles. The molecular weight excluding hydrogens is 498 g/mol. The number of nitrogens with zero attached hydrogens (tertiary/aromatic N) is 1. The normalized spacial score (nSPS) is 18.6. The lowest BCUT2D eigenvalue weighted by Gasteiger charge is -2.32.